The Kier molecular flexibility index (Phi) is 5.59. The lowest BCUT2D eigenvalue weighted by Crippen LogP contribution is -2.36. The minimum absolute atomic E-state index is 0.150. The van der Waals surface area contributed by atoms with Crippen LogP contribution in [0.5, 0.6) is 0 Å². The Bertz CT molecular complexity index is 665. The van der Waals surface area contributed by atoms with Crippen molar-refractivity contribution in [1.82, 2.24) is 20.8 Å². The van der Waals surface area contributed by atoms with Crippen LogP contribution in [0.3, 0.4) is 0 Å². The predicted molar refractivity (Wildman–Crippen MR) is 80.0 cm³/mol. The third kappa shape index (κ3) is 4.95. The number of nitrogens with one attached hydrogen (secondary N) is 2. The van der Waals surface area contributed by atoms with Gasteiger partial charge in [-0.1, -0.05) is 12.1 Å². The van der Waals surface area contributed by atoms with Crippen LogP contribution in [0.15, 0.2) is 21.0 Å². The topological polar surface area (TPSA) is 75.3 Å². The summed E-state index contributed by atoms with van der Waals surface area (Å²) in [5.74, 6) is 1.08. The Labute approximate surface area is 134 Å². The van der Waals surface area contributed by atoms with Crippen molar-refractivity contribution >= 4 is 17.3 Å². The van der Waals surface area contributed by atoms with E-state index in [1.807, 2.05) is 13.0 Å². The molecule has 126 valence electrons. The van der Waals surface area contributed by atoms with E-state index in [1.165, 1.54) is 0 Å². The summed E-state index contributed by atoms with van der Waals surface area (Å²) in [6, 6.07) is 1.83. The van der Waals surface area contributed by atoms with Crippen molar-refractivity contribution in [3.8, 4) is 0 Å². The summed E-state index contributed by atoms with van der Waals surface area (Å²) in [5, 5.41) is 11.1. The second-order valence-corrected chi connectivity index (χ2v) is 5.48. The number of aryl methyl sites for hydroxylation is 1. The summed E-state index contributed by atoms with van der Waals surface area (Å²) >= 11 is 0.945. The van der Waals surface area contributed by atoms with Gasteiger partial charge in [0.15, 0.2) is 17.4 Å². The van der Waals surface area contributed by atoms with Gasteiger partial charge in [0.05, 0.1) is 18.8 Å². The van der Waals surface area contributed by atoms with E-state index in [2.05, 4.69) is 25.8 Å². The zero-order valence-electron chi connectivity index (χ0n) is 12.6. The maximum Gasteiger partial charge on any atom is 0.434 e. The average Bonchev–Trinajstić information content (AvgIpc) is 3.15. The summed E-state index contributed by atoms with van der Waals surface area (Å²) < 4.78 is 42.6. The number of guanidine groups is 1. The molecule has 0 spiro atoms. The predicted octanol–water partition coefficient (Wildman–Crippen LogP) is 2.58. The number of halogens is 3. The maximum absolute atomic E-state index is 12.5. The quantitative estimate of drug-likeness (QED) is 0.642. The molecule has 2 rings (SSSR count). The van der Waals surface area contributed by atoms with Crippen LogP contribution < -0.4 is 10.6 Å². The fourth-order valence-corrected chi connectivity index (χ4v) is 2.42. The number of hydrogen-bond donors (Lipinski definition) is 2. The second kappa shape index (κ2) is 7.44. The van der Waals surface area contributed by atoms with Gasteiger partial charge in [0.1, 0.15) is 5.01 Å². The third-order valence-corrected chi connectivity index (χ3v) is 3.72. The van der Waals surface area contributed by atoms with Gasteiger partial charge in [-0.2, -0.15) is 13.2 Å². The van der Waals surface area contributed by atoms with Crippen molar-refractivity contribution in [1.29, 1.82) is 0 Å². The number of alkyl halides is 3. The fraction of sp³-hybridized carbons (Fsp3) is 0.462. The number of hydrogen-bond acceptors (Lipinski definition) is 5. The van der Waals surface area contributed by atoms with Gasteiger partial charge in [0.25, 0.3) is 0 Å². The molecule has 2 heterocycles. The van der Waals surface area contributed by atoms with Crippen molar-refractivity contribution < 1.29 is 17.7 Å². The molecule has 0 aliphatic heterocycles. The van der Waals surface area contributed by atoms with Gasteiger partial charge in [-0.25, -0.2) is 4.98 Å². The van der Waals surface area contributed by atoms with Gasteiger partial charge in [-0.15, -0.1) is 11.3 Å². The van der Waals surface area contributed by atoms with E-state index in [4.69, 9.17) is 4.52 Å². The minimum atomic E-state index is -4.42. The molecule has 0 aliphatic carbocycles. The standard InChI is InChI=1S/C13H16F3N5OS/c1-3-8-4-9(22-21-8)5-18-12(17-2)19-6-11-20-10(7-23-11)13(14,15)16/h4,7H,3,5-6H2,1-2H3,(H2,17,18,19). The molecule has 0 radical (unpaired) electrons. The summed E-state index contributed by atoms with van der Waals surface area (Å²) in [6.45, 7) is 2.49. The molecule has 23 heavy (non-hydrogen) atoms. The Balaban J connectivity index is 1.84. The third-order valence-electron chi connectivity index (χ3n) is 2.87. The molecular formula is C13H16F3N5OS. The molecule has 6 nitrogen and oxygen atoms in total. The maximum atomic E-state index is 12.5. The van der Waals surface area contributed by atoms with Gasteiger partial charge in [0, 0.05) is 18.5 Å². The lowest BCUT2D eigenvalue weighted by Gasteiger charge is -2.09. The number of thiazole rings is 1. The van der Waals surface area contributed by atoms with Gasteiger partial charge in [-0.05, 0) is 6.42 Å². The van der Waals surface area contributed by atoms with Crippen LogP contribution in [0, 0.1) is 0 Å². The molecule has 0 saturated carbocycles. The first-order chi connectivity index (χ1) is 10.9. The lowest BCUT2D eigenvalue weighted by molar-refractivity contribution is -0.140. The Morgan fingerprint density at radius 2 is 2.09 bits per heavy atom. The molecule has 0 atom stereocenters. The number of aromatic nitrogens is 2. The highest BCUT2D eigenvalue weighted by atomic mass is 32.1. The number of rotatable bonds is 5. The largest absolute Gasteiger partial charge is 0.434 e. The van der Waals surface area contributed by atoms with Gasteiger partial charge in [-0.3, -0.25) is 4.99 Å². The van der Waals surface area contributed by atoms with Gasteiger partial charge < -0.3 is 15.2 Å². The van der Waals surface area contributed by atoms with Crippen LogP contribution in [0.4, 0.5) is 13.2 Å². The molecule has 2 N–H and O–H groups in total. The van der Waals surface area contributed by atoms with E-state index in [9.17, 15) is 13.2 Å². The van der Waals surface area contributed by atoms with Crippen LogP contribution in [0.1, 0.15) is 29.1 Å². The van der Waals surface area contributed by atoms with E-state index in [0.29, 0.717) is 23.3 Å². The molecule has 0 aromatic carbocycles. The van der Waals surface area contributed by atoms with E-state index < -0.39 is 11.9 Å². The average molecular weight is 347 g/mol. The Hall–Kier alpha value is -2.10. The van der Waals surface area contributed by atoms with Gasteiger partial charge in [0.2, 0.25) is 0 Å². The molecule has 0 amide bonds. The first kappa shape index (κ1) is 17.3. The molecule has 2 aromatic heterocycles. The summed E-state index contributed by atoms with van der Waals surface area (Å²) in [6.07, 6.45) is -3.64. The summed E-state index contributed by atoms with van der Waals surface area (Å²) in [5.41, 5.74) is -0.0248. The van der Waals surface area contributed by atoms with Crippen LogP contribution >= 0.6 is 11.3 Å². The van der Waals surface area contributed by atoms with Crippen molar-refractivity contribution in [2.75, 3.05) is 7.05 Å². The SMILES string of the molecule is CCc1cc(CNC(=NC)NCc2nc(C(F)(F)F)cs2)on1. The monoisotopic (exact) mass is 347 g/mol. The highest BCUT2D eigenvalue weighted by Crippen LogP contribution is 2.29. The lowest BCUT2D eigenvalue weighted by atomic mass is 10.3. The molecule has 0 bridgehead atoms. The van der Waals surface area contributed by atoms with E-state index in [0.717, 1.165) is 28.8 Å². The van der Waals surface area contributed by atoms with Crippen LogP contribution in [0.25, 0.3) is 0 Å². The van der Waals surface area contributed by atoms with Crippen molar-refractivity contribution in [3.05, 3.63) is 33.6 Å². The van der Waals surface area contributed by atoms with Crippen LogP contribution in [0.2, 0.25) is 0 Å². The molecule has 0 fully saturated rings. The van der Waals surface area contributed by atoms with Crippen LogP contribution in [-0.2, 0) is 25.7 Å². The minimum Gasteiger partial charge on any atom is -0.359 e. The number of nitrogens with zero attached hydrogens (tertiary/aromatic N) is 3. The Morgan fingerprint density at radius 1 is 1.35 bits per heavy atom. The summed E-state index contributed by atoms with van der Waals surface area (Å²) in [7, 11) is 1.57. The first-order valence-corrected chi connectivity index (χ1v) is 7.71. The summed E-state index contributed by atoms with van der Waals surface area (Å²) in [4.78, 5) is 7.53. The molecule has 0 saturated heterocycles. The van der Waals surface area contributed by atoms with Crippen molar-refractivity contribution in [2.24, 2.45) is 4.99 Å². The fourth-order valence-electron chi connectivity index (χ4n) is 1.68. The van der Waals surface area contributed by atoms with Crippen molar-refractivity contribution in [2.45, 2.75) is 32.6 Å². The van der Waals surface area contributed by atoms with Gasteiger partial charge >= 0.3 is 6.18 Å². The van der Waals surface area contributed by atoms with E-state index in [-0.39, 0.29) is 6.54 Å². The second-order valence-electron chi connectivity index (χ2n) is 4.54. The van der Waals surface area contributed by atoms with E-state index >= 15 is 0 Å². The molecular weight excluding hydrogens is 331 g/mol. The zero-order chi connectivity index (χ0) is 16.9. The van der Waals surface area contributed by atoms with Crippen LogP contribution in [-0.4, -0.2) is 23.1 Å². The molecule has 0 unspecified atom stereocenters. The molecule has 0 aliphatic rings. The van der Waals surface area contributed by atoms with Crippen molar-refractivity contribution in [3.63, 3.8) is 0 Å². The highest BCUT2D eigenvalue weighted by Gasteiger charge is 2.33. The smallest absolute Gasteiger partial charge is 0.359 e. The normalized spacial score (nSPS) is 12.5. The highest BCUT2D eigenvalue weighted by molar-refractivity contribution is 7.09. The number of aliphatic imine (C=N–C) groups is 1. The Morgan fingerprint density at radius 3 is 2.65 bits per heavy atom. The van der Waals surface area contributed by atoms with E-state index in [1.54, 1.807) is 7.05 Å². The molecule has 2 aromatic rings. The first-order valence-electron chi connectivity index (χ1n) is 6.83. The molecule has 10 heteroatoms. The zero-order valence-corrected chi connectivity index (χ0v) is 13.4.